The summed E-state index contributed by atoms with van der Waals surface area (Å²) in [5.41, 5.74) is 1.18. The molecule has 0 aliphatic heterocycles. The van der Waals surface area contributed by atoms with Crippen LogP contribution in [0.4, 0.5) is 0 Å². The van der Waals surface area contributed by atoms with Crippen molar-refractivity contribution in [1.82, 2.24) is 4.67 Å². The molecule has 0 saturated heterocycles. The van der Waals surface area contributed by atoms with Gasteiger partial charge < -0.3 is 0 Å². The van der Waals surface area contributed by atoms with Crippen LogP contribution in [-0.4, -0.2) is 26.2 Å². The van der Waals surface area contributed by atoms with E-state index in [9.17, 15) is 0 Å². The van der Waals surface area contributed by atoms with Gasteiger partial charge in [-0.1, -0.05) is 0 Å². The van der Waals surface area contributed by atoms with Gasteiger partial charge in [-0.25, -0.2) is 0 Å². The van der Waals surface area contributed by atoms with Crippen LogP contribution in [0.2, 0.25) is 5.32 Å². The van der Waals surface area contributed by atoms with Crippen molar-refractivity contribution >= 4 is 37.3 Å². The Labute approximate surface area is 203 Å². The van der Waals surface area contributed by atoms with Gasteiger partial charge in [-0.3, -0.25) is 0 Å². The van der Waals surface area contributed by atoms with E-state index >= 15 is 4.57 Å². The molecule has 0 aliphatic rings. The van der Waals surface area contributed by atoms with Crippen molar-refractivity contribution < 1.29 is 4.57 Å². The van der Waals surface area contributed by atoms with Crippen LogP contribution in [0.1, 0.15) is 11.6 Å². The maximum absolute atomic E-state index is 15.2. The SMILES string of the molecule is C=CCN(C(C[Se]c1ccccc1)c1ccccc1)P(=O)(c1ccccc1)c1ccccc1. The third-order valence-electron chi connectivity index (χ3n) is 5.59. The molecule has 4 heteroatoms. The Morgan fingerprint density at radius 3 is 1.67 bits per heavy atom. The first kappa shape index (κ1) is 23.5. The van der Waals surface area contributed by atoms with Crippen LogP contribution in [0.15, 0.2) is 134 Å². The Balaban J connectivity index is 1.84. The number of nitrogens with zero attached hydrogens (tertiary/aromatic N) is 1. The van der Waals surface area contributed by atoms with Crippen molar-refractivity contribution in [3.8, 4) is 0 Å². The molecule has 0 amide bonds. The molecular weight excluding hydrogens is 488 g/mol. The molecule has 0 saturated carbocycles. The van der Waals surface area contributed by atoms with Gasteiger partial charge >= 0.3 is 204 Å². The van der Waals surface area contributed by atoms with Crippen LogP contribution in [0.3, 0.4) is 0 Å². The minimum atomic E-state index is -3.12. The zero-order valence-corrected chi connectivity index (χ0v) is 21.1. The van der Waals surface area contributed by atoms with Crippen LogP contribution in [0, 0.1) is 0 Å². The molecule has 4 rings (SSSR count). The van der Waals surface area contributed by atoms with Crippen molar-refractivity contribution in [2.45, 2.75) is 11.4 Å². The van der Waals surface area contributed by atoms with E-state index in [-0.39, 0.29) is 21.0 Å². The molecule has 1 unspecified atom stereocenters. The van der Waals surface area contributed by atoms with E-state index in [1.165, 1.54) is 10.0 Å². The van der Waals surface area contributed by atoms with E-state index in [2.05, 4.69) is 65.8 Å². The maximum atomic E-state index is 15.2. The molecule has 0 fully saturated rings. The molecule has 0 spiro atoms. The second-order valence-corrected chi connectivity index (χ2v) is 12.7. The third-order valence-corrected chi connectivity index (χ3v) is 11.0. The number of rotatable bonds is 10. The van der Waals surface area contributed by atoms with E-state index < -0.39 is 7.29 Å². The molecule has 33 heavy (non-hydrogen) atoms. The van der Waals surface area contributed by atoms with Gasteiger partial charge in [-0.2, -0.15) is 0 Å². The van der Waals surface area contributed by atoms with Crippen LogP contribution >= 0.6 is 7.29 Å². The van der Waals surface area contributed by atoms with Gasteiger partial charge in [0.25, 0.3) is 0 Å². The fourth-order valence-electron chi connectivity index (χ4n) is 4.00. The van der Waals surface area contributed by atoms with Crippen LogP contribution in [-0.2, 0) is 4.57 Å². The van der Waals surface area contributed by atoms with Gasteiger partial charge in [-0.05, 0) is 0 Å². The van der Waals surface area contributed by atoms with Crippen LogP contribution in [0.25, 0.3) is 0 Å². The summed E-state index contributed by atoms with van der Waals surface area (Å²) in [4.78, 5) is 0. The Hall–Kier alpha value is -2.67. The fraction of sp³-hybridized carbons (Fsp3) is 0.103. The fourth-order valence-corrected chi connectivity index (χ4v) is 9.49. The monoisotopic (exact) mass is 517 g/mol. The minimum absolute atomic E-state index is 0.00403. The van der Waals surface area contributed by atoms with Gasteiger partial charge in [0.1, 0.15) is 0 Å². The average molecular weight is 516 g/mol. The summed E-state index contributed by atoms with van der Waals surface area (Å²) >= 11 is 0.236. The quantitative estimate of drug-likeness (QED) is 0.156. The third kappa shape index (κ3) is 5.46. The molecule has 1 atom stereocenters. The number of hydrogen-bond donors (Lipinski definition) is 0. The predicted molar refractivity (Wildman–Crippen MR) is 142 cm³/mol. The van der Waals surface area contributed by atoms with Gasteiger partial charge in [0, 0.05) is 0 Å². The first-order valence-corrected chi connectivity index (χ1v) is 14.8. The summed E-state index contributed by atoms with van der Waals surface area (Å²) in [7, 11) is -3.12. The Morgan fingerprint density at radius 1 is 0.727 bits per heavy atom. The molecular formula is C29H28NOPSe. The molecule has 4 aromatic carbocycles. The summed E-state index contributed by atoms with van der Waals surface area (Å²) in [5.74, 6) is 0. The zero-order valence-electron chi connectivity index (χ0n) is 18.5. The molecule has 166 valence electrons. The van der Waals surface area contributed by atoms with Gasteiger partial charge in [0.15, 0.2) is 0 Å². The summed E-state index contributed by atoms with van der Waals surface area (Å²) in [5, 5.41) is 2.62. The number of hydrogen-bond acceptors (Lipinski definition) is 1. The van der Waals surface area contributed by atoms with Crippen molar-refractivity contribution in [2.75, 3.05) is 6.54 Å². The van der Waals surface area contributed by atoms with E-state index in [1.54, 1.807) is 0 Å². The topological polar surface area (TPSA) is 20.3 Å². The average Bonchev–Trinajstić information content (AvgIpc) is 2.90. The molecule has 0 heterocycles. The molecule has 0 radical (unpaired) electrons. The summed E-state index contributed by atoms with van der Waals surface area (Å²) in [6, 6.07) is 40.9. The van der Waals surface area contributed by atoms with Gasteiger partial charge in [0.2, 0.25) is 0 Å². The Morgan fingerprint density at radius 2 is 1.18 bits per heavy atom. The molecule has 2 nitrogen and oxygen atoms in total. The normalized spacial score (nSPS) is 12.4. The van der Waals surface area contributed by atoms with Crippen LogP contribution in [0.5, 0.6) is 0 Å². The molecule has 4 aromatic rings. The second-order valence-electron chi connectivity index (χ2n) is 7.71. The number of benzene rings is 4. The Bertz CT molecular complexity index is 1140. The van der Waals surface area contributed by atoms with E-state index in [0.717, 1.165) is 15.9 Å². The summed E-state index contributed by atoms with van der Waals surface area (Å²) < 4.78 is 18.8. The van der Waals surface area contributed by atoms with Crippen molar-refractivity contribution in [2.24, 2.45) is 0 Å². The van der Waals surface area contributed by atoms with Gasteiger partial charge in [0.05, 0.1) is 0 Å². The standard InChI is InChI=1S/C29H28NOPSe/c1-2-23-30(32(31,26-17-9-4-10-18-26)27-19-11-5-12-20-27)29(25-15-7-3-8-16-25)24-33-28-21-13-6-14-22-28/h2-22,29H,1,23-24H2. The summed E-state index contributed by atoms with van der Waals surface area (Å²) in [6.45, 7) is 4.57. The van der Waals surface area contributed by atoms with Gasteiger partial charge in [-0.15, -0.1) is 0 Å². The predicted octanol–water partition coefficient (Wildman–Crippen LogP) is 5.59. The molecule has 0 aliphatic carbocycles. The van der Waals surface area contributed by atoms with Crippen LogP contribution < -0.4 is 15.1 Å². The van der Waals surface area contributed by atoms with Crippen molar-refractivity contribution in [1.29, 1.82) is 0 Å². The molecule has 0 N–H and O–H groups in total. The van der Waals surface area contributed by atoms with Crippen molar-refractivity contribution in [3.63, 3.8) is 0 Å². The molecule has 0 bridgehead atoms. The first-order chi connectivity index (χ1) is 16.2. The van der Waals surface area contributed by atoms with E-state index in [1.807, 2.05) is 72.8 Å². The summed E-state index contributed by atoms with van der Waals surface area (Å²) in [6.07, 6.45) is 1.88. The molecule has 0 aromatic heterocycles. The van der Waals surface area contributed by atoms with E-state index in [4.69, 9.17) is 0 Å². The zero-order chi connectivity index (χ0) is 22.9. The first-order valence-electron chi connectivity index (χ1n) is 11.1. The Kier molecular flexibility index (Phi) is 8.15. The van der Waals surface area contributed by atoms with Crippen molar-refractivity contribution in [3.05, 3.63) is 140 Å². The van der Waals surface area contributed by atoms with E-state index in [0.29, 0.717) is 6.54 Å². The second kappa shape index (κ2) is 11.5.